The normalized spacial score (nSPS) is 10.5. The Bertz CT molecular complexity index is 733. The van der Waals surface area contributed by atoms with Crippen LogP contribution >= 0.6 is 11.8 Å². The van der Waals surface area contributed by atoms with Gasteiger partial charge in [-0.25, -0.2) is 9.37 Å². The van der Waals surface area contributed by atoms with Crippen molar-refractivity contribution >= 4 is 29.2 Å². The Labute approximate surface area is 128 Å². The molecule has 2 rings (SSSR count). The van der Waals surface area contributed by atoms with Crippen LogP contribution in [0.5, 0.6) is 0 Å². The first-order valence-corrected chi connectivity index (χ1v) is 7.20. The molecule has 1 aromatic heterocycles. The smallest absolute Gasteiger partial charge is 0.277 e. The van der Waals surface area contributed by atoms with Gasteiger partial charge in [-0.05, 0) is 24.3 Å². The second-order valence-electron chi connectivity index (χ2n) is 4.16. The van der Waals surface area contributed by atoms with E-state index in [2.05, 4.69) is 15.3 Å². The number of carbonyl (C=O) groups is 1. The predicted molar refractivity (Wildman–Crippen MR) is 81.4 cm³/mol. The number of hydrogen-bond acceptors (Lipinski definition) is 6. The predicted octanol–water partition coefficient (Wildman–Crippen LogP) is 0.828. The zero-order chi connectivity index (χ0) is 16.1. The highest BCUT2D eigenvalue weighted by Gasteiger charge is 2.14. The summed E-state index contributed by atoms with van der Waals surface area (Å²) in [5.74, 6) is -0.862. The van der Waals surface area contributed by atoms with E-state index in [0.29, 0.717) is 5.75 Å². The SMILES string of the molecule is Nc1nc(SCCO)[nH]c(=O)c1NC(=O)c1ccc(F)cc1. The van der Waals surface area contributed by atoms with E-state index in [1.54, 1.807) is 0 Å². The van der Waals surface area contributed by atoms with Gasteiger partial charge in [0.2, 0.25) is 0 Å². The van der Waals surface area contributed by atoms with E-state index in [4.69, 9.17) is 10.8 Å². The number of aromatic amines is 1. The number of halogens is 1. The van der Waals surface area contributed by atoms with Crippen molar-refractivity contribution < 1.29 is 14.3 Å². The molecule has 116 valence electrons. The second-order valence-corrected chi connectivity index (χ2v) is 5.25. The first kappa shape index (κ1) is 16.0. The topological polar surface area (TPSA) is 121 Å². The number of benzene rings is 1. The highest BCUT2D eigenvalue weighted by atomic mass is 32.2. The molecule has 5 N–H and O–H groups in total. The number of H-pyrrole nitrogens is 1. The van der Waals surface area contributed by atoms with Gasteiger partial charge in [-0.15, -0.1) is 0 Å². The molecular formula is C13H13FN4O3S. The largest absolute Gasteiger partial charge is 0.396 e. The van der Waals surface area contributed by atoms with Crippen LogP contribution in [-0.2, 0) is 0 Å². The first-order chi connectivity index (χ1) is 10.5. The Morgan fingerprint density at radius 3 is 2.68 bits per heavy atom. The number of rotatable bonds is 5. The first-order valence-electron chi connectivity index (χ1n) is 6.21. The van der Waals surface area contributed by atoms with Crippen LogP contribution in [-0.4, -0.2) is 33.3 Å². The molecule has 1 heterocycles. The van der Waals surface area contributed by atoms with Crippen LogP contribution in [0.1, 0.15) is 10.4 Å². The van der Waals surface area contributed by atoms with Crippen molar-refractivity contribution in [2.45, 2.75) is 5.16 Å². The standard InChI is InChI=1S/C13H13FN4O3S/c14-8-3-1-7(2-4-8)11(20)16-9-10(15)17-13(18-12(9)21)22-6-5-19/h1-4,19H,5-6H2,(H,16,20)(H3,15,17,18,21). The maximum Gasteiger partial charge on any atom is 0.277 e. The van der Waals surface area contributed by atoms with Crippen molar-refractivity contribution in [3.63, 3.8) is 0 Å². The molecule has 0 aliphatic rings. The lowest BCUT2D eigenvalue weighted by Gasteiger charge is -2.08. The van der Waals surface area contributed by atoms with Crippen LogP contribution in [0.25, 0.3) is 0 Å². The zero-order valence-corrected chi connectivity index (χ0v) is 12.1. The monoisotopic (exact) mass is 324 g/mol. The summed E-state index contributed by atoms with van der Waals surface area (Å²) in [7, 11) is 0. The molecule has 0 bridgehead atoms. The van der Waals surface area contributed by atoms with Crippen molar-refractivity contribution in [1.29, 1.82) is 0 Å². The lowest BCUT2D eigenvalue weighted by Crippen LogP contribution is -2.23. The number of thioether (sulfide) groups is 1. The maximum atomic E-state index is 12.8. The van der Waals surface area contributed by atoms with E-state index in [1.165, 1.54) is 12.1 Å². The molecule has 0 saturated heterocycles. The highest BCUT2D eigenvalue weighted by Crippen LogP contribution is 2.17. The van der Waals surface area contributed by atoms with Crippen LogP contribution in [0.2, 0.25) is 0 Å². The van der Waals surface area contributed by atoms with Crippen LogP contribution < -0.4 is 16.6 Å². The molecule has 0 unspecified atom stereocenters. The zero-order valence-electron chi connectivity index (χ0n) is 11.3. The van der Waals surface area contributed by atoms with Gasteiger partial charge in [-0.1, -0.05) is 11.8 Å². The lowest BCUT2D eigenvalue weighted by molar-refractivity contribution is 0.102. The van der Waals surface area contributed by atoms with Gasteiger partial charge >= 0.3 is 0 Å². The molecule has 0 radical (unpaired) electrons. The van der Waals surface area contributed by atoms with E-state index in [1.807, 2.05) is 0 Å². The van der Waals surface area contributed by atoms with Gasteiger partial charge in [-0.2, -0.15) is 0 Å². The highest BCUT2D eigenvalue weighted by molar-refractivity contribution is 7.99. The Balaban J connectivity index is 2.20. The molecule has 9 heteroatoms. The van der Waals surface area contributed by atoms with Crippen LogP contribution in [0.4, 0.5) is 15.9 Å². The number of hydrogen-bond donors (Lipinski definition) is 4. The number of nitrogens with zero attached hydrogens (tertiary/aromatic N) is 1. The third-order valence-electron chi connectivity index (χ3n) is 2.60. The fourth-order valence-electron chi connectivity index (χ4n) is 1.59. The third-order valence-corrected chi connectivity index (χ3v) is 3.45. The van der Waals surface area contributed by atoms with Gasteiger partial charge in [-0.3, -0.25) is 14.6 Å². The summed E-state index contributed by atoms with van der Waals surface area (Å²) in [6.45, 7) is -0.0721. The van der Waals surface area contributed by atoms with Gasteiger partial charge in [0.15, 0.2) is 11.0 Å². The van der Waals surface area contributed by atoms with Crippen molar-refractivity contribution in [3.05, 3.63) is 46.0 Å². The number of amides is 1. The fourth-order valence-corrected chi connectivity index (χ4v) is 2.20. The number of aromatic nitrogens is 2. The average Bonchev–Trinajstić information content (AvgIpc) is 2.49. The lowest BCUT2D eigenvalue weighted by atomic mass is 10.2. The summed E-state index contributed by atoms with van der Waals surface area (Å²) in [4.78, 5) is 30.3. The average molecular weight is 324 g/mol. The minimum Gasteiger partial charge on any atom is -0.396 e. The number of anilines is 2. The third kappa shape index (κ3) is 3.83. The molecule has 7 nitrogen and oxygen atoms in total. The summed E-state index contributed by atoms with van der Waals surface area (Å²) < 4.78 is 12.8. The molecule has 0 saturated carbocycles. The van der Waals surface area contributed by atoms with Crippen LogP contribution in [0.3, 0.4) is 0 Å². The van der Waals surface area contributed by atoms with E-state index >= 15 is 0 Å². The Morgan fingerprint density at radius 1 is 1.41 bits per heavy atom. The molecule has 1 amide bonds. The number of aliphatic hydroxyl groups is 1. The van der Waals surface area contributed by atoms with Gasteiger partial charge in [0.05, 0.1) is 6.61 Å². The molecule has 0 aliphatic carbocycles. The van der Waals surface area contributed by atoms with Gasteiger partial charge in [0.1, 0.15) is 11.5 Å². The van der Waals surface area contributed by atoms with Gasteiger partial charge < -0.3 is 16.2 Å². The molecule has 1 aromatic carbocycles. The van der Waals surface area contributed by atoms with E-state index < -0.39 is 17.3 Å². The number of nitrogen functional groups attached to an aromatic ring is 1. The minimum atomic E-state index is -0.608. The van der Waals surface area contributed by atoms with E-state index in [0.717, 1.165) is 23.9 Å². The Hall–Kier alpha value is -2.39. The summed E-state index contributed by atoms with van der Waals surface area (Å²) in [5, 5.41) is 11.3. The summed E-state index contributed by atoms with van der Waals surface area (Å²) in [5.41, 5.74) is 5.06. The summed E-state index contributed by atoms with van der Waals surface area (Å²) >= 11 is 1.12. The maximum absolute atomic E-state index is 12.8. The van der Waals surface area contributed by atoms with Crippen molar-refractivity contribution in [2.75, 3.05) is 23.4 Å². The number of nitrogens with one attached hydrogen (secondary N) is 2. The molecule has 2 aromatic rings. The van der Waals surface area contributed by atoms with Gasteiger partial charge in [0.25, 0.3) is 11.5 Å². The van der Waals surface area contributed by atoms with Crippen molar-refractivity contribution in [3.8, 4) is 0 Å². The minimum absolute atomic E-state index is 0.0721. The molecule has 0 spiro atoms. The fraction of sp³-hybridized carbons (Fsp3) is 0.154. The molecular weight excluding hydrogens is 311 g/mol. The Kier molecular flexibility index (Phi) is 5.12. The summed E-state index contributed by atoms with van der Waals surface area (Å²) in [6, 6.07) is 4.84. The summed E-state index contributed by atoms with van der Waals surface area (Å²) in [6.07, 6.45) is 0. The molecule has 0 fully saturated rings. The number of nitrogens with two attached hydrogens (primary N) is 1. The molecule has 0 aliphatic heterocycles. The quantitative estimate of drug-likeness (QED) is 0.477. The molecule has 0 atom stereocenters. The second kappa shape index (κ2) is 7.05. The van der Waals surface area contributed by atoms with E-state index in [9.17, 15) is 14.0 Å². The van der Waals surface area contributed by atoms with E-state index in [-0.39, 0.29) is 28.8 Å². The Morgan fingerprint density at radius 2 is 2.09 bits per heavy atom. The van der Waals surface area contributed by atoms with Gasteiger partial charge in [0, 0.05) is 11.3 Å². The molecule has 22 heavy (non-hydrogen) atoms. The number of carbonyl (C=O) groups excluding carboxylic acids is 1. The van der Waals surface area contributed by atoms with Crippen LogP contribution in [0.15, 0.2) is 34.2 Å². The van der Waals surface area contributed by atoms with Crippen LogP contribution in [0, 0.1) is 5.82 Å². The van der Waals surface area contributed by atoms with Crippen molar-refractivity contribution in [1.82, 2.24) is 9.97 Å². The number of aliphatic hydroxyl groups excluding tert-OH is 1. The van der Waals surface area contributed by atoms with Crippen molar-refractivity contribution in [2.24, 2.45) is 0 Å².